The van der Waals surface area contributed by atoms with Crippen LogP contribution in [0.3, 0.4) is 0 Å². The van der Waals surface area contributed by atoms with Crippen LogP contribution < -0.4 is 5.32 Å². The van der Waals surface area contributed by atoms with E-state index >= 15 is 0 Å². The molecule has 1 unspecified atom stereocenters. The lowest BCUT2D eigenvalue weighted by atomic mass is 10.2. The molecule has 0 bridgehead atoms. The molecule has 0 aliphatic rings. The van der Waals surface area contributed by atoms with Crippen molar-refractivity contribution in [2.45, 2.75) is 32.9 Å². The second-order valence-corrected chi connectivity index (χ2v) is 2.91. The van der Waals surface area contributed by atoms with Gasteiger partial charge in [-0.05, 0) is 23.8 Å². The van der Waals surface area contributed by atoms with Crippen molar-refractivity contribution in [1.29, 1.82) is 0 Å². The third-order valence-corrected chi connectivity index (χ3v) is 1.93. The van der Waals surface area contributed by atoms with E-state index in [4.69, 9.17) is 0 Å². The zero-order valence-corrected chi connectivity index (χ0v) is 7.78. The summed E-state index contributed by atoms with van der Waals surface area (Å²) < 4.78 is 1.68. The highest BCUT2D eigenvalue weighted by Crippen LogP contribution is 1.92. The summed E-state index contributed by atoms with van der Waals surface area (Å²) in [5, 5.41) is 14.5. The minimum atomic E-state index is 0.515. The van der Waals surface area contributed by atoms with E-state index < -0.39 is 0 Å². The fourth-order valence-corrected chi connectivity index (χ4v) is 0.808. The van der Waals surface area contributed by atoms with Crippen molar-refractivity contribution < 1.29 is 0 Å². The second kappa shape index (κ2) is 4.15. The number of aromatic nitrogens is 4. The number of hydrogen-bond acceptors (Lipinski definition) is 4. The van der Waals surface area contributed by atoms with E-state index in [0.29, 0.717) is 6.04 Å². The van der Waals surface area contributed by atoms with Gasteiger partial charge in [0.25, 0.3) is 0 Å². The summed E-state index contributed by atoms with van der Waals surface area (Å²) in [5.74, 6) is 0.871. The van der Waals surface area contributed by atoms with Gasteiger partial charge in [-0.15, -0.1) is 5.10 Å². The maximum absolute atomic E-state index is 3.86. The van der Waals surface area contributed by atoms with Crippen LogP contribution in [0, 0.1) is 0 Å². The summed E-state index contributed by atoms with van der Waals surface area (Å²) >= 11 is 0. The highest BCUT2D eigenvalue weighted by Gasteiger charge is 2.02. The molecule has 0 amide bonds. The Bertz CT molecular complexity index is 231. The van der Waals surface area contributed by atoms with Gasteiger partial charge in [0.2, 0.25) is 0 Å². The summed E-state index contributed by atoms with van der Waals surface area (Å²) in [6, 6.07) is 0.515. The number of nitrogens with zero attached hydrogens (tertiary/aromatic N) is 4. The molecule has 0 saturated carbocycles. The first-order chi connectivity index (χ1) is 5.74. The Morgan fingerprint density at radius 3 is 2.83 bits per heavy atom. The number of aryl methyl sites for hydroxylation is 1. The Labute approximate surface area is 72.2 Å². The van der Waals surface area contributed by atoms with Crippen LogP contribution in [-0.2, 0) is 13.6 Å². The first-order valence-electron chi connectivity index (χ1n) is 4.18. The molecule has 1 aromatic rings. The number of hydrogen-bond donors (Lipinski definition) is 1. The topological polar surface area (TPSA) is 55.6 Å². The van der Waals surface area contributed by atoms with Gasteiger partial charge in [-0.25, -0.2) is 4.68 Å². The van der Waals surface area contributed by atoms with Crippen LogP contribution in [0.2, 0.25) is 0 Å². The average molecular weight is 169 g/mol. The summed E-state index contributed by atoms with van der Waals surface area (Å²) in [5.41, 5.74) is 0. The molecule has 1 atom stereocenters. The Morgan fingerprint density at radius 1 is 1.58 bits per heavy atom. The smallest absolute Gasteiger partial charge is 0.164 e. The van der Waals surface area contributed by atoms with Crippen LogP contribution in [-0.4, -0.2) is 26.2 Å². The fourth-order valence-electron chi connectivity index (χ4n) is 0.808. The molecule has 12 heavy (non-hydrogen) atoms. The normalized spacial score (nSPS) is 13.2. The monoisotopic (exact) mass is 169 g/mol. The molecule has 1 N–H and O–H groups in total. The van der Waals surface area contributed by atoms with Crippen LogP contribution in [0.25, 0.3) is 0 Å². The van der Waals surface area contributed by atoms with Crippen molar-refractivity contribution in [2.24, 2.45) is 7.05 Å². The lowest BCUT2D eigenvalue weighted by Gasteiger charge is -2.09. The maximum atomic E-state index is 3.86. The SMILES string of the molecule is CCC(C)NCc1nnnn1C. The van der Waals surface area contributed by atoms with Gasteiger partial charge in [0.15, 0.2) is 5.82 Å². The Morgan fingerprint density at radius 2 is 2.33 bits per heavy atom. The first kappa shape index (κ1) is 9.12. The van der Waals surface area contributed by atoms with Crippen LogP contribution in [0.4, 0.5) is 0 Å². The Balaban J connectivity index is 2.38. The average Bonchev–Trinajstić information content (AvgIpc) is 2.47. The predicted molar refractivity (Wildman–Crippen MR) is 45.4 cm³/mol. The summed E-state index contributed by atoms with van der Waals surface area (Å²) in [6.07, 6.45) is 1.12. The molecule has 0 saturated heterocycles. The van der Waals surface area contributed by atoms with Crippen molar-refractivity contribution in [2.75, 3.05) is 0 Å². The third kappa shape index (κ3) is 2.27. The van der Waals surface area contributed by atoms with Crippen LogP contribution in [0.1, 0.15) is 26.1 Å². The van der Waals surface area contributed by atoms with E-state index in [1.165, 1.54) is 0 Å². The zero-order chi connectivity index (χ0) is 8.97. The Kier molecular flexibility index (Phi) is 3.16. The molecule has 0 aliphatic heterocycles. The maximum Gasteiger partial charge on any atom is 0.164 e. The van der Waals surface area contributed by atoms with Crippen molar-refractivity contribution in [3.63, 3.8) is 0 Å². The van der Waals surface area contributed by atoms with E-state index in [1.807, 2.05) is 7.05 Å². The third-order valence-electron chi connectivity index (χ3n) is 1.93. The molecule has 0 spiro atoms. The summed E-state index contributed by atoms with van der Waals surface area (Å²) in [6.45, 7) is 5.02. The number of tetrazole rings is 1. The predicted octanol–water partition coefficient (Wildman–Crippen LogP) is 0.0982. The summed E-state index contributed by atoms with van der Waals surface area (Å²) in [7, 11) is 1.84. The van der Waals surface area contributed by atoms with Gasteiger partial charge in [0.05, 0.1) is 6.54 Å². The van der Waals surface area contributed by atoms with E-state index in [2.05, 4.69) is 34.7 Å². The molecule has 5 heteroatoms. The van der Waals surface area contributed by atoms with Crippen molar-refractivity contribution in [3.8, 4) is 0 Å². The van der Waals surface area contributed by atoms with Gasteiger partial charge in [-0.3, -0.25) is 0 Å². The molecular formula is C7H15N5. The van der Waals surface area contributed by atoms with Crippen molar-refractivity contribution in [3.05, 3.63) is 5.82 Å². The summed E-state index contributed by atoms with van der Waals surface area (Å²) in [4.78, 5) is 0. The van der Waals surface area contributed by atoms with Gasteiger partial charge >= 0.3 is 0 Å². The minimum absolute atomic E-state index is 0.515. The Hall–Kier alpha value is -0.970. The van der Waals surface area contributed by atoms with Gasteiger partial charge in [0.1, 0.15) is 0 Å². The second-order valence-electron chi connectivity index (χ2n) is 2.91. The number of rotatable bonds is 4. The van der Waals surface area contributed by atoms with E-state index in [-0.39, 0.29) is 0 Å². The molecular weight excluding hydrogens is 154 g/mol. The largest absolute Gasteiger partial charge is 0.307 e. The lowest BCUT2D eigenvalue weighted by molar-refractivity contribution is 0.510. The molecule has 1 aromatic heterocycles. The molecule has 0 fully saturated rings. The van der Waals surface area contributed by atoms with Gasteiger partial charge in [0, 0.05) is 13.1 Å². The lowest BCUT2D eigenvalue weighted by Crippen LogP contribution is -2.26. The standard InChI is InChI=1S/C7H15N5/c1-4-6(2)8-5-7-9-10-11-12(7)3/h6,8H,4-5H2,1-3H3. The van der Waals surface area contributed by atoms with Gasteiger partial charge < -0.3 is 5.32 Å². The number of nitrogens with one attached hydrogen (secondary N) is 1. The highest BCUT2D eigenvalue weighted by molar-refractivity contribution is 4.78. The van der Waals surface area contributed by atoms with Crippen LogP contribution in [0.15, 0.2) is 0 Å². The fraction of sp³-hybridized carbons (Fsp3) is 0.857. The van der Waals surface area contributed by atoms with Crippen LogP contribution in [0.5, 0.6) is 0 Å². The molecule has 1 rings (SSSR count). The molecule has 5 nitrogen and oxygen atoms in total. The molecule has 0 aromatic carbocycles. The van der Waals surface area contributed by atoms with E-state index in [9.17, 15) is 0 Å². The van der Waals surface area contributed by atoms with Gasteiger partial charge in [-0.2, -0.15) is 0 Å². The van der Waals surface area contributed by atoms with E-state index in [1.54, 1.807) is 4.68 Å². The zero-order valence-electron chi connectivity index (χ0n) is 7.78. The quantitative estimate of drug-likeness (QED) is 0.694. The van der Waals surface area contributed by atoms with Gasteiger partial charge in [-0.1, -0.05) is 6.92 Å². The highest BCUT2D eigenvalue weighted by atomic mass is 15.5. The minimum Gasteiger partial charge on any atom is -0.307 e. The first-order valence-corrected chi connectivity index (χ1v) is 4.18. The van der Waals surface area contributed by atoms with Crippen molar-refractivity contribution in [1.82, 2.24) is 25.5 Å². The molecule has 1 heterocycles. The van der Waals surface area contributed by atoms with Crippen LogP contribution >= 0.6 is 0 Å². The van der Waals surface area contributed by atoms with E-state index in [0.717, 1.165) is 18.8 Å². The molecule has 0 aliphatic carbocycles. The van der Waals surface area contributed by atoms with Crippen molar-refractivity contribution >= 4 is 0 Å². The molecule has 68 valence electrons. The molecule has 0 radical (unpaired) electrons.